The van der Waals surface area contributed by atoms with Crippen LogP contribution in [0, 0.1) is 6.92 Å². The zero-order valence-corrected chi connectivity index (χ0v) is 15.9. The molecule has 1 N–H and O–H groups in total. The monoisotopic (exact) mass is 372 g/mol. The molecule has 0 aliphatic heterocycles. The van der Waals surface area contributed by atoms with E-state index >= 15 is 0 Å². The average Bonchev–Trinajstić information content (AvgIpc) is 3.07. The molecule has 0 aliphatic rings. The van der Waals surface area contributed by atoms with E-state index in [4.69, 9.17) is 21.1 Å². The van der Waals surface area contributed by atoms with Crippen LogP contribution in [-0.4, -0.2) is 24.7 Å². The van der Waals surface area contributed by atoms with E-state index in [2.05, 4.69) is 5.32 Å². The van der Waals surface area contributed by atoms with Crippen molar-refractivity contribution in [3.63, 3.8) is 0 Å². The summed E-state index contributed by atoms with van der Waals surface area (Å²) in [5, 5.41) is 4.50. The molecule has 1 aromatic heterocycles. The number of nitrogens with one attached hydrogen (secondary N) is 1. The zero-order chi connectivity index (χ0) is 18.8. The normalized spacial score (nSPS) is 12.0. The second-order valence-electron chi connectivity index (χ2n) is 6.06. The van der Waals surface area contributed by atoms with Crippen LogP contribution in [0.4, 0.5) is 5.69 Å². The van der Waals surface area contributed by atoms with Crippen molar-refractivity contribution in [3.05, 3.63) is 53.2 Å². The molecule has 0 aliphatic carbocycles. The number of carbonyl (C=O) groups is 1. The van der Waals surface area contributed by atoms with Crippen LogP contribution in [0.3, 0.4) is 0 Å². The maximum absolute atomic E-state index is 12.8. The van der Waals surface area contributed by atoms with E-state index in [9.17, 15) is 4.79 Å². The maximum atomic E-state index is 12.8. The Bertz CT molecular complexity index is 965. The van der Waals surface area contributed by atoms with Gasteiger partial charge in [-0.1, -0.05) is 17.7 Å². The molecule has 1 unspecified atom stereocenters. The SMILES string of the molecule is COc1cc(OC)c2ccn(C(C)C(=O)Nc3cccc(Cl)c3C)c2c1. The molecule has 6 heteroatoms. The number of rotatable bonds is 5. The summed E-state index contributed by atoms with van der Waals surface area (Å²) in [5.41, 5.74) is 2.42. The molecule has 26 heavy (non-hydrogen) atoms. The number of halogens is 1. The third-order valence-corrected chi connectivity index (χ3v) is 4.96. The van der Waals surface area contributed by atoms with Crippen molar-refractivity contribution in [1.82, 2.24) is 4.57 Å². The molecule has 0 radical (unpaired) electrons. The Morgan fingerprint density at radius 2 is 1.96 bits per heavy atom. The summed E-state index contributed by atoms with van der Waals surface area (Å²) >= 11 is 6.14. The van der Waals surface area contributed by atoms with Crippen molar-refractivity contribution >= 4 is 34.1 Å². The third kappa shape index (κ3) is 3.22. The number of carbonyl (C=O) groups excluding carboxylic acids is 1. The molecule has 1 heterocycles. The van der Waals surface area contributed by atoms with Gasteiger partial charge in [0.2, 0.25) is 5.91 Å². The minimum atomic E-state index is -0.428. The molecule has 0 fully saturated rings. The Labute approximate surface area is 157 Å². The van der Waals surface area contributed by atoms with Crippen LogP contribution in [0.2, 0.25) is 5.02 Å². The van der Waals surface area contributed by atoms with Crippen molar-refractivity contribution < 1.29 is 14.3 Å². The maximum Gasteiger partial charge on any atom is 0.247 e. The molecule has 1 atom stereocenters. The van der Waals surface area contributed by atoms with Gasteiger partial charge >= 0.3 is 0 Å². The molecule has 0 bridgehead atoms. The highest BCUT2D eigenvalue weighted by Gasteiger charge is 2.19. The highest BCUT2D eigenvalue weighted by Crippen LogP contribution is 2.33. The molecule has 0 saturated heterocycles. The molecule has 3 rings (SSSR count). The topological polar surface area (TPSA) is 52.5 Å². The van der Waals surface area contributed by atoms with Gasteiger partial charge in [0.15, 0.2) is 0 Å². The van der Waals surface area contributed by atoms with Crippen LogP contribution in [0.5, 0.6) is 11.5 Å². The zero-order valence-electron chi connectivity index (χ0n) is 15.2. The Morgan fingerprint density at radius 1 is 1.19 bits per heavy atom. The van der Waals surface area contributed by atoms with Crippen molar-refractivity contribution in [2.75, 3.05) is 19.5 Å². The third-order valence-electron chi connectivity index (χ3n) is 4.55. The molecule has 2 aromatic carbocycles. The molecule has 3 aromatic rings. The number of fused-ring (bicyclic) bond motifs is 1. The van der Waals surface area contributed by atoms with Gasteiger partial charge in [-0.05, 0) is 37.6 Å². The molecule has 136 valence electrons. The summed E-state index contributed by atoms with van der Waals surface area (Å²) < 4.78 is 12.7. The van der Waals surface area contributed by atoms with Gasteiger partial charge in [-0.25, -0.2) is 0 Å². The van der Waals surface area contributed by atoms with Gasteiger partial charge in [0.05, 0.1) is 19.7 Å². The Kier molecular flexibility index (Phi) is 5.09. The fourth-order valence-electron chi connectivity index (χ4n) is 2.93. The van der Waals surface area contributed by atoms with Gasteiger partial charge in [-0.15, -0.1) is 0 Å². The Hall–Kier alpha value is -2.66. The predicted octanol–water partition coefficient (Wildman–Crippen LogP) is 4.82. The number of ether oxygens (including phenoxy) is 2. The minimum absolute atomic E-state index is 0.130. The van der Waals surface area contributed by atoms with E-state index in [1.54, 1.807) is 20.3 Å². The lowest BCUT2D eigenvalue weighted by atomic mass is 10.2. The largest absolute Gasteiger partial charge is 0.497 e. The van der Waals surface area contributed by atoms with Gasteiger partial charge in [-0.3, -0.25) is 4.79 Å². The Balaban J connectivity index is 1.95. The van der Waals surface area contributed by atoms with Crippen LogP contribution < -0.4 is 14.8 Å². The van der Waals surface area contributed by atoms with Crippen LogP contribution in [0.25, 0.3) is 10.9 Å². The highest BCUT2D eigenvalue weighted by molar-refractivity contribution is 6.31. The number of aromatic nitrogens is 1. The molecule has 0 spiro atoms. The van der Waals surface area contributed by atoms with Crippen LogP contribution in [0.1, 0.15) is 18.5 Å². The lowest BCUT2D eigenvalue weighted by Gasteiger charge is -2.17. The molecular formula is C20H21ClN2O3. The summed E-state index contributed by atoms with van der Waals surface area (Å²) in [4.78, 5) is 12.8. The smallest absolute Gasteiger partial charge is 0.247 e. The highest BCUT2D eigenvalue weighted by atomic mass is 35.5. The van der Waals surface area contributed by atoms with E-state index in [0.29, 0.717) is 22.2 Å². The lowest BCUT2D eigenvalue weighted by molar-refractivity contribution is -0.118. The summed E-state index contributed by atoms with van der Waals surface area (Å²) in [5.74, 6) is 1.25. The molecule has 0 saturated carbocycles. The molecule has 5 nitrogen and oxygen atoms in total. The van der Waals surface area contributed by atoms with Crippen molar-refractivity contribution in [3.8, 4) is 11.5 Å². The quantitative estimate of drug-likeness (QED) is 0.698. The summed E-state index contributed by atoms with van der Waals surface area (Å²) in [6.45, 7) is 3.73. The summed E-state index contributed by atoms with van der Waals surface area (Å²) in [7, 11) is 3.22. The number of amides is 1. The first-order chi connectivity index (χ1) is 12.5. The standard InChI is InChI=1S/C20H21ClN2O3/c1-12-16(21)6-5-7-17(12)22-20(24)13(2)23-9-8-15-18(23)10-14(25-3)11-19(15)26-4/h5-11,13H,1-4H3,(H,22,24). The number of hydrogen-bond acceptors (Lipinski definition) is 3. The number of benzene rings is 2. The summed E-state index contributed by atoms with van der Waals surface area (Å²) in [6, 6.07) is 10.7. The average molecular weight is 373 g/mol. The Morgan fingerprint density at radius 3 is 2.65 bits per heavy atom. The molecule has 1 amide bonds. The molecular weight excluding hydrogens is 352 g/mol. The van der Waals surface area contributed by atoms with Crippen LogP contribution in [-0.2, 0) is 4.79 Å². The predicted molar refractivity (Wildman–Crippen MR) is 105 cm³/mol. The number of anilines is 1. The van der Waals surface area contributed by atoms with E-state index in [1.807, 2.05) is 54.9 Å². The first-order valence-corrected chi connectivity index (χ1v) is 8.62. The van der Waals surface area contributed by atoms with Gasteiger partial charge in [0, 0.05) is 34.4 Å². The minimum Gasteiger partial charge on any atom is -0.497 e. The lowest BCUT2D eigenvalue weighted by Crippen LogP contribution is -2.23. The van der Waals surface area contributed by atoms with Crippen molar-refractivity contribution in [2.45, 2.75) is 19.9 Å². The van der Waals surface area contributed by atoms with Crippen molar-refractivity contribution in [1.29, 1.82) is 0 Å². The van der Waals surface area contributed by atoms with Gasteiger partial charge in [-0.2, -0.15) is 0 Å². The van der Waals surface area contributed by atoms with E-state index in [0.717, 1.165) is 16.5 Å². The van der Waals surface area contributed by atoms with Gasteiger partial charge in [0.1, 0.15) is 17.5 Å². The fraction of sp³-hybridized carbons (Fsp3) is 0.250. The van der Waals surface area contributed by atoms with E-state index < -0.39 is 6.04 Å². The fourth-order valence-corrected chi connectivity index (χ4v) is 3.11. The first kappa shape index (κ1) is 18.1. The second kappa shape index (κ2) is 7.30. The second-order valence-corrected chi connectivity index (χ2v) is 6.47. The number of nitrogens with zero attached hydrogens (tertiary/aromatic N) is 1. The summed E-state index contributed by atoms with van der Waals surface area (Å²) in [6.07, 6.45) is 1.88. The van der Waals surface area contributed by atoms with E-state index in [1.165, 1.54) is 0 Å². The van der Waals surface area contributed by atoms with Crippen LogP contribution in [0.15, 0.2) is 42.6 Å². The van der Waals surface area contributed by atoms with E-state index in [-0.39, 0.29) is 5.91 Å². The van der Waals surface area contributed by atoms with Gasteiger partial charge in [0.25, 0.3) is 0 Å². The van der Waals surface area contributed by atoms with Crippen molar-refractivity contribution in [2.24, 2.45) is 0 Å². The number of methoxy groups -OCH3 is 2. The first-order valence-electron chi connectivity index (χ1n) is 8.24. The number of hydrogen-bond donors (Lipinski definition) is 1. The van der Waals surface area contributed by atoms with Crippen LogP contribution >= 0.6 is 11.6 Å². The van der Waals surface area contributed by atoms with Gasteiger partial charge < -0.3 is 19.4 Å².